The molecule has 0 aliphatic heterocycles. The second-order valence-corrected chi connectivity index (χ2v) is 6.02. The lowest BCUT2D eigenvalue weighted by Gasteiger charge is -2.18. The Kier molecular flexibility index (Phi) is 6.43. The summed E-state index contributed by atoms with van der Waals surface area (Å²) in [6.07, 6.45) is -4.61. The normalized spacial score (nSPS) is 12.3. The van der Waals surface area contributed by atoms with Crippen molar-refractivity contribution in [3.63, 3.8) is 0 Å². The van der Waals surface area contributed by atoms with Crippen LogP contribution in [0.2, 0.25) is 5.02 Å². The number of rotatable bonds is 6. The molecule has 0 saturated heterocycles. The first-order valence-corrected chi connectivity index (χ1v) is 8.19. The number of ether oxygens (including phenoxy) is 2. The fraction of sp³-hybridized carbons (Fsp3) is 0.278. The summed E-state index contributed by atoms with van der Waals surface area (Å²) in [5.41, 5.74) is -0.487. The van der Waals surface area contributed by atoms with Gasteiger partial charge in [0.1, 0.15) is 17.5 Å². The first kappa shape index (κ1) is 20.7. The SMILES string of the molecule is COc1ccc(N[C@@H](C)C(=O)Nc2ccc(Cl)c(C(F)(F)F)c2)c(OC)c1. The maximum Gasteiger partial charge on any atom is 0.417 e. The molecule has 2 N–H and O–H groups in total. The van der Waals surface area contributed by atoms with Gasteiger partial charge in [0.15, 0.2) is 0 Å². The van der Waals surface area contributed by atoms with Gasteiger partial charge >= 0.3 is 6.18 Å². The number of hydrogen-bond acceptors (Lipinski definition) is 4. The van der Waals surface area contributed by atoms with Crippen molar-refractivity contribution in [3.05, 3.63) is 47.0 Å². The highest BCUT2D eigenvalue weighted by molar-refractivity contribution is 6.31. The second kappa shape index (κ2) is 8.39. The Morgan fingerprint density at radius 2 is 1.81 bits per heavy atom. The van der Waals surface area contributed by atoms with Crippen LogP contribution in [-0.4, -0.2) is 26.2 Å². The molecule has 0 spiro atoms. The van der Waals surface area contributed by atoms with E-state index in [1.165, 1.54) is 20.3 Å². The minimum Gasteiger partial charge on any atom is -0.497 e. The summed E-state index contributed by atoms with van der Waals surface area (Å²) in [7, 11) is 2.98. The molecule has 5 nitrogen and oxygen atoms in total. The summed E-state index contributed by atoms with van der Waals surface area (Å²) < 4.78 is 49.1. The number of anilines is 2. The highest BCUT2D eigenvalue weighted by atomic mass is 35.5. The summed E-state index contributed by atoms with van der Waals surface area (Å²) in [4.78, 5) is 12.3. The van der Waals surface area contributed by atoms with Gasteiger partial charge in [-0.2, -0.15) is 13.2 Å². The van der Waals surface area contributed by atoms with Crippen molar-refractivity contribution in [2.24, 2.45) is 0 Å². The molecule has 2 rings (SSSR count). The third-order valence-electron chi connectivity index (χ3n) is 3.71. The monoisotopic (exact) mass is 402 g/mol. The molecular formula is C18H18ClF3N2O3. The average molecular weight is 403 g/mol. The maximum absolute atomic E-state index is 12.9. The number of amides is 1. The molecule has 0 unspecified atom stereocenters. The maximum atomic E-state index is 12.9. The summed E-state index contributed by atoms with van der Waals surface area (Å²) in [6, 6.07) is 7.43. The van der Waals surface area contributed by atoms with Gasteiger partial charge in [-0.15, -0.1) is 0 Å². The second-order valence-electron chi connectivity index (χ2n) is 5.61. The smallest absolute Gasteiger partial charge is 0.417 e. The standard InChI is InChI=1S/C18H18ClF3N2O3/c1-10(23-15-7-5-12(26-2)9-16(15)27-3)17(25)24-11-4-6-14(19)13(8-11)18(20,21)22/h4-10,23H,1-3H3,(H,24,25)/t10-/m0/s1. The van der Waals surface area contributed by atoms with Crippen LogP contribution in [0.3, 0.4) is 0 Å². The summed E-state index contributed by atoms with van der Waals surface area (Å²) in [5.74, 6) is 0.513. The van der Waals surface area contributed by atoms with E-state index in [0.717, 1.165) is 12.1 Å². The van der Waals surface area contributed by atoms with E-state index in [9.17, 15) is 18.0 Å². The van der Waals surface area contributed by atoms with Gasteiger partial charge < -0.3 is 20.1 Å². The van der Waals surface area contributed by atoms with E-state index in [2.05, 4.69) is 10.6 Å². The van der Waals surface area contributed by atoms with Crippen LogP contribution in [0, 0.1) is 0 Å². The van der Waals surface area contributed by atoms with Crippen molar-refractivity contribution < 1.29 is 27.4 Å². The number of methoxy groups -OCH3 is 2. The Balaban J connectivity index is 2.13. The number of carbonyl (C=O) groups is 1. The molecule has 0 fully saturated rings. The van der Waals surface area contributed by atoms with E-state index in [-0.39, 0.29) is 5.69 Å². The highest BCUT2D eigenvalue weighted by Crippen LogP contribution is 2.36. The lowest BCUT2D eigenvalue weighted by Crippen LogP contribution is -2.32. The first-order valence-electron chi connectivity index (χ1n) is 7.82. The van der Waals surface area contributed by atoms with Crippen LogP contribution in [0.4, 0.5) is 24.5 Å². The Labute approximate surface area is 159 Å². The van der Waals surface area contributed by atoms with Gasteiger partial charge in [-0.05, 0) is 37.3 Å². The van der Waals surface area contributed by atoms with Crippen LogP contribution < -0.4 is 20.1 Å². The third-order valence-corrected chi connectivity index (χ3v) is 4.04. The van der Waals surface area contributed by atoms with E-state index in [0.29, 0.717) is 17.2 Å². The van der Waals surface area contributed by atoms with E-state index in [1.54, 1.807) is 25.1 Å². The van der Waals surface area contributed by atoms with Crippen molar-refractivity contribution >= 4 is 28.9 Å². The summed E-state index contributed by atoms with van der Waals surface area (Å²) >= 11 is 5.58. The minimum absolute atomic E-state index is 0.00734. The quantitative estimate of drug-likeness (QED) is 0.727. The van der Waals surface area contributed by atoms with Crippen molar-refractivity contribution in [2.75, 3.05) is 24.9 Å². The first-order chi connectivity index (χ1) is 12.7. The molecule has 0 aromatic heterocycles. The van der Waals surface area contributed by atoms with Crippen molar-refractivity contribution in [2.45, 2.75) is 19.1 Å². The lowest BCUT2D eigenvalue weighted by atomic mass is 10.2. The molecular weight excluding hydrogens is 385 g/mol. The zero-order valence-electron chi connectivity index (χ0n) is 14.8. The zero-order valence-corrected chi connectivity index (χ0v) is 15.5. The highest BCUT2D eigenvalue weighted by Gasteiger charge is 2.33. The number of halogens is 4. The molecule has 146 valence electrons. The van der Waals surface area contributed by atoms with Gasteiger partial charge in [0, 0.05) is 11.8 Å². The molecule has 9 heteroatoms. The summed E-state index contributed by atoms with van der Waals surface area (Å²) in [6.45, 7) is 1.57. The number of nitrogens with one attached hydrogen (secondary N) is 2. The number of benzene rings is 2. The molecule has 0 saturated carbocycles. The topological polar surface area (TPSA) is 59.6 Å². The minimum atomic E-state index is -4.61. The van der Waals surface area contributed by atoms with Crippen LogP contribution in [0.25, 0.3) is 0 Å². The molecule has 2 aromatic carbocycles. The average Bonchev–Trinajstić information content (AvgIpc) is 2.62. The molecule has 1 amide bonds. The molecule has 27 heavy (non-hydrogen) atoms. The van der Waals surface area contributed by atoms with E-state index < -0.39 is 28.7 Å². The van der Waals surface area contributed by atoms with Gasteiger partial charge in [-0.3, -0.25) is 4.79 Å². The van der Waals surface area contributed by atoms with Gasteiger partial charge in [0.2, 0.25) is 5.91 Å². The van der Waals surface area contributed by atoms with Crippen LogP contribution in [0.1, 0.15) is 12.5 Å². The third kappa shape index (κ3) is 5.19. The van der Waals surface area contributed by atoms with Crippen molar-refractivity contribution in [3.8, 4) is 11.5 Å². The van der Waals surface area contributed by atoms with Gasteiger partial charge in [0.05, 0.1) is 30.5 Å². The summed E-state index contributed by atoms with van der Waals surface area (Å²) in [5, 5.41) is 4.95. The van der Waals surface area contributed by atoms with Crippen LogP contribution in [-0.2, 0) is 11.0 Å². The Bertz CT molecular complexity index is 828. The molecule has 0 aliphatic rings. The van der Waals surface area contributed by atoms with Crippen molar-refractivity contribution in [1.29, 1.82) is 0 Å². The Morgan fingerprint density at radius 3 is 2.41 bits per heavy atom. The predicted molar refractivity (Wildman–Crippen MR) is 97.7 cm³/mol. The fourth-order valence-electron chi connectivity index (χ4n) is 2.29. The molecule has 1 atom stereocenters. The van der Waals surface area contributed by atoms with E-state index in [4.69, 9.17) is 21.1 Å². The molecule has 0 aliphatic carbocycles. The number of carbonyl (C=O) groups excluding carboxylic acids is 1. The van der Waals surface area contributed by atoms with Gasteiger partial charge in [-0.25, -0.2) is 0 Å². The number of hydrogen-bond donors (Lipinski definition) is 2. The Hall–Kier alpha value is -2.61. The van der Waals surface area contributed by atoms with Crippen LogP contribution in [0.15, 0.2) is 36.4 Å². The fourth-order valence-corrected chi connectivity index (χ4v) is 2.51. The molecule has 0 heterocycles. The van der Waals surface area contributed by atoms with Crippen molar-refractivity contribution in [1.82, 2.24) is 0 Å². The predicted octanol–water partition coefficient (Wildman–Crippen LogP) is 4.82. The zero-order chi connectivity index (χ0) is 20.2. The van der Waals surface area contributed by atoms with E-state index in [1.807, 2.05) is 0 Å². The molecule has 0 bridgehead atoms. The van der Waals surface area contributed by atoms with Crippen LogP contribution >= 0.6 is 11.6 Å². The van der Waals surface area contributed by atoms with Crippen LogP contribution in [0.5, 0.6) is 11.5 Å². The Morgan fingerprint density at radius 1 is 1.11 bits per heavy atom. The lowest BCUT2D eigenvalue weighted by molar-refractivity contribution is -0.137. The molecule has 2 aromatic rings. The number of alkyl halides is 3. The van der Waals surface area contributed by atoms with E-state index >= 15 is 0 Å². The molecule has 0 radical (unpaired) electrons. The van der Waals surface area contributed by atoms with Gasteiger partial charge in [-0.1, -0.05) is 11.6 Å². The van der Waals surface area contributed by atoms with Gasteiger partial charge in [0.25, 0.3) is 0 Å². The largest absolute Gasteiger partial charge is 0.497 e.